The molecule has 0 aromatic heterocycles. The van der Waals surface area contributed by atoms with E-state index in [2.05, 4.69) is 16.0 Å². The van der Waals surface area contributed by atoms with E-state index in [0.29, 0.717) is 32.3 Å². The number of thioether (sulfide) groups is 1. The van der Waals surface area contributed by atoms with Gasteiger partial charge in [0.2, 0.25) is 5.91 Å². The van der Waals surface area contributed by atoms with Crippen LogP contribution in [0, 0.1) is 0 Å². The topological polar surface area (TPSA) is 87.3 Å². The Hall–Kier alpha value is -5.03. The first-order chi connectivity index (χ1) is 23.5. The van der Waals surface area contributed by atoms with Crippen LogP contribution in [0.4, 0.5) is 24.5 Å². The highest BCUT2D eigenvalue weighted by molar-refractivity contribution is 8.00. The maximum Gasteiger partial charge on any atom is 0.418 e. The highest BCUT2D eigenvalue weighted by atomic mass is 35.5. The van der Waals surface area contributed by atoms with Crippen molar-refractivity contribution in [2.24, 2.45) is 0 Å². The van der Waals surface area contributed by atoms with Crippen LogP contribution in [0.2, 0.25) is 10.0 Å². The van der Waals surface area contributed by atoms with Gasteiger partial charge in [-0.15, -0.1) is 11.8 Å². The van der Waals surface area contributed by atoms with E-state index in [9.17, 15) is 27.6 Å². The van der Waals surface area contributed by atoms with Crippen molar-refractivity contribution in [2.75, 3.05) is 10.6 Å². The van der Waals surface area contributed by atoms with Crippen molar-refractivity contribution in [3.05, 3.63) is 165 Å². The minimum atomic E-state index is -4.75. The molecule has 0 fully saturated rings. The lowest BCUT2D eigenvalue weighted by Crippen LogP contribution is -2.30. The van der Waals surface area contributed by atoms with E-state index in [-0.39, 0.29) is 10.7 Å². The maximum atomic E-state index is 13.8. The molecule has 5 rings (SSSR count). The molecule has 3 N–H and O–H groups in total. The molecule has 248 valence electrons. The van der Waals surface area contributed by atoms with Gasteiger partial charge in [-0.1, -0.05) is 96.0 Å². The van der Waals surface area contributed by atoms with Crippen molar-refractivity contribution < 1.29 is 27.6 Å². The molecule has 0 heterocycles. The number of rotatable bonds is 10. The molecule has 1 atom stereocenters. The molecule has 49 heavy (non-hydrogen) atoms. The Morgan fingerprint density at radius 1 is 0.735 bits per heavy atom. The first-order valence-corrected chi connectivity index (χ1v) is 16.2. The van der Waals surface area contributed by atoms with Gasteiger partial charge in [0.25, 0.3) is 11.8 Å². The van der Waals surface area contributed by atoms with Crippen LogP contribution in [-0.2, 0) is 15.8 Å². The summed E-state index contributed by atoms with van der Waals surface area (Å²) in [6.45, 7) is 0. The third-order valence-electron chi connectivity index (χ3n) is 6.97. The summed E-state index contributed by atoms with van der Waals surface area (Å²) in [6.07, 6.45) is -3.30. The molecule has 12 heteroatoms. The van der Waals surface area contributed by atoms with Crippen molar-refractivity contribution in [3.63, 3.8) is 0 Å². The molecule has 1 unspecified atom stereocenters. The summed E-state index contributed by atoms with van der Waals surface area (Å²) in [5.41, 5.74) is 0.122. The largest absolute Gasteiger partial charge is 0.418 e. The van der Waals surface area contributed by atoms with Gasteiger partial charge >= 0.3 is 6.18 Å². The fourth-order valence-corrected chi connectivity index (χ4v) is 6.08. The molecule has 0 saturated carbocycles. The molecule has 6 nitrogen and oxygen atoms in total. The quantitative estimate of drug-likeness (QED) is 0.0991. The Labute approximate surface area is 294 Å². The Balaban J connectivity index is 1.40. The smallest absolute Gasteiger partial charge is 0.324 e. The molecular weight excluding hydrogens is 694 g/mol. The van der Waals surface area contributed by atoms with Gasteiger partial charge < -0.3 is 16.0 Å². The van der Waals surface area contributed by atoms with Gasteiger partial charge in [-0.3, -0.25) is 14.4 Å². The van der Waals surface area contributed by atoms with Crippen LogP contribution in [0.5, 0.6) is 0 Å². The van der Waals surface area contributed by atoms with E-state index in [4.69, 9.17) is 23.2 Å². The third kappa shape index (κ3) is 9.54. The molecule has 0 saturated heterocycles. The molecule has 0 bridgehead atoms. The van der Waals surface area contributed by atoms with Crippen molar-refractivity contribution in [3.8, 4) is 0 Å². The predicted molar refractivity (Wildman–Crippen MR) is 189 cm³/mol. The molecule has 0 aliphatic rings. The lowest BCUT2D eigenvalue weighted by atomic mass is 10.1. The highest BCUT2D eigenvalue weighted by Gasteiger charge is 2.35. The molecular formula is C37H26Cl2F3N3O3S. The molecule has 3 amide bonds. The summed E-state index contributed by atoms with van der Waals surface area (Å²) in [4.78, 5) is 40.7. The van der Waals surface area contributed by atoms with E-state index < -0.39 is 40.4 Å². The van der Waals surface area contributed by atoms with Crippen LogP contribution in [0.3, 0.4) is 0 Å². The van der Waals surface area contributed by atoms with Gasteiger partial charge in [-0.05, 0) is 71.8 Å². The molecule has 0 aliphatic heterocycles. The number of nitrogens with one attached hydrogen (secondary N) is 3. The number of carbonyl (C=O) groups is 3. The van der Waals surface area contributed by atoms with Gasteiger partial charge in [0.1, 0.15) is 10.9 Å². The van der Waals surface area contributed by atoms with Gasteiger partial charge in [0.15, 0.2) is 0 Å². The fourth-order valence-electron chi connectivity index (χ4n) is 4.63. The number of amides is 3. The minimum absolute atomic E-state index is 0.0787. The second kappa shape index (κ2) is 15.9. The first-order valence-electron chi connectivity index (χ1n) is 14.6. The van der Waals surface area contributed by atoms with Crippen molar-refractivity contribution in [2.45, 2.75) is 16.3 Å². The van der Waals surface area contributed by atoms with E-state index in [0.717, 1.165) is 23.9 Å². The van der Waals surface area contributed by atoms with Crippen molar-refractivity contribution >= 4 is 70.1 Å². The van der Waals surface area contributed by atoms with Crippen LogP contribution in [0.15, 0.2) is 138 Å². The summed E-state index contributed by atoms with van der Waals surface area (Å²) in [6, 6.07) is 33.5. The second-order valence-electron chi connectivity index (χ2n) is 10.5. The van der Waals surface area contributed by atoms with E-state index >= 15 is 0 Å². The zero-order valence-corrected chi connectivity index (χ0v) is 27.6. The van der Waals surface area contributed by atoms with Crippen LogP contribution in [0.1, 0.15) is 32.3 Å². The number of halogens is 5. The Kier molecular flexibility index (Phi) is 11.5. The van der Waals surface area contributed by atoms with Crippen molar-refractivity contribution in [1.82, 2.24) is 5.32 Å². The summed E-state index contributed by atoms with van der Waals surface area (Å²) in [5, 5.41) is 7.11. The van der Waals surface area contributed by atoms with Gasteiger partial charge in [0, 0.05) is 26.2 Å². The number of alkyl halides is 3. The maximum absolute atomic E-state index is 13.8. The lowest BCUT2D eigenvalue weighted by Gasteiger charge is -2.20. The zero-order valence-electron chi connectivity index (χ0n) is 25.3. The van der Waals surface area contributed by atoms with Crippen molar-refractivity contribution in [1.29, 1.82) is 0 Å². The molecule has 0 radical (unpaired) electrons. The van der Waals surface area contributed by atoms with E-state index in [1.165, 1.54) is 12.1 Å². The minimum Gasteiger partial charge on any atom is -0.324 e. The summed E-state index contributed by atoms with van der Waals surface area (Å²) in [7, 11) is 0. The van der Waals surface area contributed by atoms with Crippen LogP contribution >= 0.6 is 35.0 Å². The van der Waals surface area contributed by atoms with Gasteiger partial charge in [-0.2, -0.15) is 13.2 Å². The molecule has 5 aromatic rings. The molecule has 5 aromatic carbocycles. The SMILES string of the molecule is O=C(Nc1cccc(SC(C(=O)Nc2ccc(Cl)cc2C(F)(F)F)c2ccccc2)c1)/C(=C\c1ccccc1Cl)NC(=O)c1ccccc1. The summed E-state index contributed by atoms with van der Waals surface area (Å²) >= 11 is 13.2. The fraction of sp³-hybridized carbons (Fsp3) is 0.0541. The average molecular weight is 721 g/mol. The Morgan fingerprint density at radius 3 is 2.10 bits per heavy atom. The first kappa shape index (κ1) is 35.3. The monoisotopic (exact) mass is 719 g/mol. The number of hydrogen-bond donors (Lipinski definition) is 3. The van der Waals surface area contributed by atoms with E-state index in [1.807, 2.05) is 0 Å². The standard InChI is InChI=1S/C37H26Cl2F3N3O3S/c38-26-18-19-31(29(21-26)37(40,41)42)44-36(48)33(23-10-3-1-4-11-23)49-28-16-9-15-27(22-28)43-35(47)32(20-25-14-7-8-17-30(25)39)45-34(46)24-12-5-2-6-13-24/h1-22,33H,(H,43,47)(H,44,48)(H,45,46)/b32-20+. The van der Waals surface area contributed by atoms with Gasteiger partial charge in [-0.25, -0.2) is 0 Å². The van der Waals surface area contributed by atoms with Crippen LogP contribution in [-0.4, -0.2) is 17.7 Å². The number of hydrogen-bond acceptors (Lipinski definition) is 4. The number of anilines is 2. The number of benzene rings is 5. The lowest BCUT2D eigenvalue weighted by molar-refractivity contribution is -0.137. The summed E-state index contributed by atoms with van der Waals surface area (Å²) < 4.78 is 41.3. The summed E-state index contributed by atoms with van der Waals surface area (Å²) in [5.74, 6) is -1.86. The molecule has 0 spiro atoms. The van der Waals surface area contributed by atoms with Gasteiger partial charge in [0.05, 0.1) is 11.3 Å². The van der Waals surface area contributed by atoms with Crippen LogP contribution < -0.4 is 16.0 Å². The Bertz CT molecular complexity index is 2010. The molecule has 0 aliphatic carbocycles. The normalized spacial score (nSPS) is 12.1. The zero-order chi connectivity index (χ0) is 35.0. The highest BCUT2D eigenvalue weighted by Crippen LogP contribution is 2.40. The van der Waals surface area contributed by atoms with Crippen LogP contribution in [0.25, 0.3) is 6.08 Å². The second-order valence-corrected chi connectivity index (χ2v) is 12.5. The Morgan fingerprint density at radius 2 is 1.41 bits per heavy atom. The van der Waals surface area contributed by atoms with E-state index in [1.54, 1.807) is 109 Å². The number of carbonyl (C=O) groups excluding carboxylic acids is 3. The third-order valence-corrected chi connectivity index (χ3v) is 8.79. The average Bonchev–Trinajstić information content (AvgIpc) is 3.09. The predicted octanol–water partition coefficient (Wildman–Crippen LogP) is 9.89.